The average molecular weight is 322 g/mol. The Morgan fingerprint density at radius 3 is 2.71 bits per heavy atom. The SMILES string of the molecule is COc1ccc2ccccc2c1/C=N\NC(=O)c1cc(C)oc1C. The van der Waals surface area contributed by atoms with E-state index >= 15 is 0 Å². The first kappa shape index (κ1) is 15.8. The van der Waals surface area contributed by atoms with E-state index in [2.05, 4.69) is 10.5 Å². The maximum absolute atomic E-state index is 12.2. The van der Waals surface area contributed by atoms with Crippen LogP contribution in [-0.4, -0.2) is 19.2 Å². The molecule has 0 unspecified atom stereocenters. The maximum atomic E-state index is 12.2. The number of hydrogen-bond donors (Lipinski definition) is 1. The van der Waals surface area contributed by atoms with E-state index in [-0.39, 0.29) is 5.91 Å². The quantitative estimate of drug-likeness (QED) is 0.586. The highest BCUT2D eigenvalue weighted by atomic mass is 16.5. The smallest absolute Gasteiger partial charge is 0.274 e. The topological polar surface area (TPSA) is 63.8 Å². The molecular formula is C19H18N2O3. The summed E-state index contributed by atoms with van der Waals surface area (Å²) in [6.45, 7) is 3.55. The predicted molar refractivity (Wildman–Crippen MR) is 93.7 cm³/mol. The second-order valence-corrected chi connectivity index (χ2v) is 5.43. The van der Waals surface area contributed by atoms with Crippen LogP contribution in [-0.2, 0) is 0 Å². The summed E-state index contributed by atoms with van der Waals surface area (Å²) in [7, 11) is 1.61. The molecule has 24 heavy (non-hydrogen) atoms. The first-order chi connectivity index (χ1) is 11.6. The molecule has 0 aliphatic rings. The number of nitrogens with zero attached hydrogens (tertiary/aromatic N) is 1. The maximum Gasteiger partial charge on any atom is 0.274 e. The molecule has 0 aliphatic carbocycles. The molecule has 1 aromatic heterocycles. The number of nitrogens with one attached hydrogen (secondary N) is 1. The molecule has 0 fully saturated rings. The van der Waals surface area contributed by atoms with Crippen LogP contribution in [0, 0.1) is 13.8 Å². The van der Waals surface area contributed by atoms with Gasteiger partial charge in [-0.1, -0.05) is 30.3 Å². The molecule has 1 N–H and O–H groups in total. The summed E-state index contributed by atoms with van der Waals surface area (Å²) >= 11 is 0. The van der Waals surface area contributed by atoms with Gasteiger partial charge in [-0.25, -0.2) is 5.43 Å². The Balaban J connectivity index is 1.88. The lowest BCUT2D eigenvalue weighted by Gasteiger charge is -2.08. The van der Waals surface area contributed by atoms with Crippen molar-refractivity contribution in [2.24, 2.45) is 5.10 Å². The monoisotopic (exact) mass is 322 g/mol. The molecule has 0 radical (unpaired) electrons. The fourth-order valence-electron chi connectivity index (χ4n) is 2.66. The molecule has 5 heteroatoms. The molecule has 0 saturated heterocycles. The number of carbonyl (C=O) groups is 1. The summed E-state index contributed by atoms with van der Waals surface area (Å²) in [6, 6.07) is 13.5. The van der Waals surface area contributed by atoms with Crippen LogP contribution >= 0.6 is 0 Å². The number of carbonyl (C=O) groups excluding carboxylic acids is 1. The van der Waals surface area contributed by atoms with Gasteiger partial charge in [0.05, 0.1) is 18.9 Å². The van der Waals surface area contributed by atoms with Gasteiger partial charge in [0.15, 0.2) is 0 Å². The van der Waals surface area contributed by atoms with Crippen molar-refractivity contribution in [1.29, 1.82) is 0 Å². The standard InChI is InChI=1S/C19H18N2O3/c1-12-10-16(13(2)24-12)19(22)21-20-11-17-15-7-5-4-6-14(15)8-9-18(17)23-3/h4-11H,1-3H3,(H,21,22)/b20-11-. The molecule has 0 spiro atoms. The normalized spacial score (nSPS) is 11.1. The lowest BCUT2D eigenvalue weighted by atomic mass is 10.0. The van der Waals surface area contributed by atoms with Crippen molar-refractivity contribution in [3.8, 4) is 5.75 Å². The highest BCUT2D eigenvalue weighted by molar-refractivity contribution is 6.03. The summed E-state index contributed by atoms with van der Waals surface area (Å²) in [5.74, 6) is 1.65. The average Bonchev–Trinajstić information content (AvgIpc) is 2.93. The van der Waals surface area contributed by atoms with E-state index in [9.17, 15) is 4.79 Å². The van der Waals surface area contributed by atoms with Gasteiger partial charge in [0.25, 0.3) is 5.91 Å². The van der Waals surface area contributed by atoms with Gasteiger partial charge in [0.2, 0.25) is 0 Å². The summed E-state index contributed by atoms with van der Waals surface area (Å²) in [5, 5.41) is 6.16. The summed E-state index contributed by atoms with van der Waals surface area (Å²) < 4.78 is 10.8. The molecule has 5 nitrogen and oxygen atoms in total. The van der Waals surface area contributed by atoms with Crippen LogP contribution < -0.4 is 10.2 Å². The number of hydrogen-bond acceptors (Lipinski definition) is 4. The van der Waals surface area contributed by atoms with E-state index in [4.69, 9.17) is 9.15 Å². The largest absolute Gasteiger partial charge is 0.496 e. The van der Waals surface area contributed by atoms with Crippen LogP contribution in [0.4, 0.5) is 0 Å². The lowest BCUT2D eigenvalue weighted by Crippen LogP contribution is -2.17. The van der Waals surface area contributed by atoms with Gasteiger partial charge in [0, 0.05) is 5.56 Å². The highest BCUT2D eigenvalue weighted by Gasteiger charge is 2.12. The number of ether oxygens (including phenoxy) is 1. The van der Waals surface area contributed by atoms with Crippen molar-refractivity contribution in [3.05, 3.63) is 65.1 Å². The number of aryl methyl sites for hydroxylation is 2. The zero-order valence-electron chi connectivity index (χ0n) is 13.8. The Morgan fingerprint density at radius 2 is 2.00 bits per heavy atom. The van der Waals surface area contributed by atoms with E-state index < -0.39 is 0 Å². The number of rotatable bonds is 4. The van der Waals surface area contributed by atoms with Gasteiger partial charge in [-0.15, -0.1) is 0 Å². The number of fused-ring (bicyclic) bond motifs is 1. The molecule has 0 atom stereocenters. The Morgan fingerprint density at radius 1 is 1.21 bits per heavy atom. The van der Waals surface area contributed by atoms with Crippen LogP contribution in [0.3, 0.4) is 0 Å². The van der Waals surface area contributed by atoms with Gasteiger partial charge in [-0.2, -0.15) is 5.10 Å². The Hall–Kier alpha value is -3.08. The molecule has 0 aliphatic heterocycles. The van der Waals surface area contributed by atoms with Crippen molar-refractivity contribution in [3.63, 3.8) is 0 Å². The molecule has 3 aromatic rings. The highest BCUT2D eigenvalue weighted by Crippen LogP contribution is 2.26. The molecule has 1 heterocycles. The van der Waals surface area contributed by atoms with Crippen molar-refractivity contribution in [1.82, 2.24) is 5.43 Å². The minimum atomic E-state index is -0.306. The van der Waals surface area contributed by atoms with Gasteiger partial charge >= 0.3 is 0 Å². The Labute approximate surface area is 139 Å². The Kier molecular flexibility index (Phi) is 4.33. The molecule has 2 aromatic carbocycles. The van der Waals surface area contributed by atoms with E-state index in [1.165, 1.54) is 0 Å². The number of amides is 1. The van der Waals surface area contributed by atoms with Gasteiger partial charge in [-0.3, -0.25) is 4.79 Å². The third-order valence-corrected chi connectivity index (χ3v) is 3.80. The first-order valence-electron chi connectivity index (χ1n) is 7.56. The van der Waals surface area contributed by atoms with E-state index in [0.717, 1.165) is 16.3 Å². The number of benzene rings is 2. The summed E-state index contributed by atoms with van der Waals surface area (Å²) in [6.07, 6.45) is 1.60. The fraction of sp³-hybridized carbons (Fsp3) is 0.158. The number of furan rings is 1. The first-order valence-corrected chi connectivity index (χ1v) is 7.56. The zero-order valence-corrected chi connectivity index (χ0v) is 13.8. The van der Waals surface area contributed by atoms with Crippen LogP contribution in [0.1, 0.15) is 27.4 Å². The van der Waals surface area contributed by atoms with Gasteiger partial charge in [-0.05, 0) is 36.8 Å². The van der Waals surface area contributed by atoms with Crippen molar-refractivity contribution in [2.75, 3.05) is 7.11 Å². The molecular weight excluding hydrogens is 304 g/mol. The second kappa shape index (κ2) is 6.58. The van der Waals surface area contributed by atoms with Gasteiger partial charge in [0.1, 0.15) is 17.3 Å². The van der Waals surface area contributed by atoms with E-state index in [0.29, 0.717) is 22.8 Å². The third kappa shape index (κ3) is 3.01. The summed E-state index contributed by atoms with van der Waals surface area (Å²) in [5.41, 5.74) is 3.83. The number of methoxy groups -OCH3 is 1. The van der Waals surface area contributed by atoms with Crippen molar-refractivity contribution < 1.29 is 13.9 Å². The van der Waals surface area contributed by atoms with Crippen molar-refractivity contribution >= 4 is 22.9 Å². The van der Waals surface area contributed by atoms with Crippen molar-refractivity contribution in [2.45, 2.75) is 13.8 Å². The molecule has 3 rings (SSSR count). The second-order valence-electron chi connectivity index (χ2n) is 5.43. The van der Waals surface area contributed by atoms with Crippen LogP contribution in [0.15, 0.2) is 52.0 Å². The molecule has 0 bridgehead atoms. The fourth-order valence-corrected chi connectivity index (χ4v) is 2.66. The lowest BCUT2D eigenvalue weighted by molar-refractivity contribution is 0.0953. The predicted octanol–water partition coefficient (Wildman–Crippen LogP) is 3.82. The van der Waals surface area contributed by atoms with Crippen LogP contribution in [0.2, 0.25) is 0 Å². The zero-order chi connectivity index (χ0) is 17.1. The Bertz CT molecular complexity index is 926. The third-order valence-electron chi connectivity index (χ3n) is 3.80. The van der Waals surface area contributed by atoms with Gasteiger partial charge < -0.3 is 9.15 Å². The van der Waals surface area contributed by atoms with E-state index in [1.54, 1.807) is 33.2 Å². The number of hydrazone groups is 1. The van der Waals surface area contributed by atoms with Crippen LogP contribution in [0.5, 0.6) is 5.75 Å². The minimum Gasteiger partial charge on any atom is -0.496 e. The minimum absolute atomic E-state index is 0.306. The van der Waals surface area contributed by atoms with E-state index in [1.807, 2.05) is 36.4 Å². The molecule has 1 amide bonds. The molecule has 122 valence electrons. The molecule has 0 saturated carbocycles. The van der Waals surface area contributed by atoms with Crippen LogP contribution in [0.25, 0.3) is 10.8 Å². The summed E-state index contributed by atoms with van der Waals surface area (Å²) in [4.78, 5) is 12.2.